The molecule has 0 unspecified atom stereocenters. The van der Waals surface area contributed by atoms with E-state index in [1.165, 1.54) is 44.1 Å². The van der Waals surface area contributed by atoms with Crippen LogP contribution in [0, 0.1) is 23.2 Å². The quantitative estimate of drug-likeness (QED) is 0.778. The normalized spacial score (nSPS) is 39.4. The van der Waals surface area contributed by atoms with Gasteiger partial charge in [-0.2, -0.15) is 0 Å². The number of hydrogen-bond donors (Lipinski definition) is 1. The van der Waals surface area contributed by atoms with Crippen LogP contribution in [-0.4, -0.2) is 49.7 Å². The highest BCUT2D eigenvalue weighted by Gasteiger charge is 2.51. The number of nitrogens with zero attached hydrogens (tertiary/aromatic N) is 1. The van der Waals surface area contributed by atoms with Crippen LogP contribution in [0.1, 0.15) is 52.4 Å². The van der Waals surface area contributed by atoms with Crippen LogP contribution >= 0.6 is 0 Å². The maximum Gasteiger partial charge on any atom is 0.243 e. The minimum absolute atomic E-state index is 0.105. The zero-order valence-electron chi connectivity index (χ0n) is 15.9. The van der Waals surface area contributed by atoms with Crippen LogP contribution < -0.4 is 5.32 Å². The van der Waals surface area contributed by atoms with E-state index in [0.29, 0.717) is 11.5 Å². The van der Waals surface area contributed by atoms with Crippen molar-refractivity contribution in [1.82, 2.24) is 10.2 Å². The first-order valence-electron chi connectivity index (χ1n) is 10.3. The minimum atomic E-state index is 0.105. The molecule has 4 nitrogen and oxygen atoms in total. The Morgan fingerprint density at radius 2 is 1.72 bits per heavy atom. The van der Waals surface area contributed by atoms with Crippen molar-refractivity contribution in [3.05, 3.63) is 11.6 Å². The predicted octanol–water partition coefficient (Wildman–Crippen LogP) is 2.99. The Labute approximate surface area is 152 Å². The van der Waals surface area contributed by atoms with Gasteiger partial charge in [-0.1, -0.05) is 5.57 Å². The van der Waals surface area contributed by atoms with Gasteiger partial charge in [-0.25, -0.2) is 0 Å². The summed E-state index contributed by atoms with van der Waals surface area (Å²) in [6, 6.07) is 0.376. The number of ether oxygens (including phenoxy) is 1. The Bertz CT molecular complexity index is 501. The third kappa shape index (κ3) is 3.66. The molecule has 1 aliphatic heterocycles. The second-order valence-electron chi connectivity index (χ2n) is 9.27. The summed E-state index contributed by atoms with van der Waals surface area (Å²) in [4.78, 5) is 14.9. The van der Waals surface area contributed by atoms with Gasteiger partial charge in [0, 0.05) is 31.8 Å². The van der Waals surface area contributed by atoms with E-state index < -0.39 is 0 Å². The molecule has 0 radical (unpaired) electrons. The van der Waals surface area contributed by atoms with E-state index in [0.717, 1.165) is 50.6 Å². The van der Waals surface area contributed by atoms with Gasteiger partial charge in [-0.3, -0.25) is 9.69 Å². The van der Waals surface area contributed by atoms with Gasteiger partial charge in [0.2, 0.25) is 5.91 Å². The molecule has 0 aromatic rings. The summed E-state index contributed by atoms with van der Waals surface area (Å²) in [5.41, 5.74) is 1.70. The lowest BCUT2D eigenvalue weighted by molar-refractivity contribution is -0.117. The van der Waals surface area contributed by atoms with Crippen molar-refractivity contribution in [2.45, 2.75) is 58.4 Å². The van der Waals surface area contributed by atoms with Gasteiger partial charge in [0.25, 0.3) is 0 Å². The number of hydrogen-bond acceptors (Lipinski definition) is 3. The van der Waals surface area contributed by atoms with E-state index in [4.69, 9.17) is 4.74 Å². The van der Waals surface area contributed by atoms with Gasteiger partial charge in [-0.15, -0.1) is 0 Å². The summed E-state index contributed by atoms with van der Waals surface area (Å²) in [5.74, 6) is 2.89. The van der Waals surface area contributed by atoms with Crippen molar-refractivity contribution in [3.63, 3.8) is 0 Å². The molecule has 4 bridgehead atoms. The molecule has 140 valence electrons. The van der Waals surface area contributed by atoms with Crippen molar-refractivity contribution in [1.29, 1.82) is 0 Å². The van der Waals surface area contributed by atoms with Crippen LogP contribution in [0.5, 0.6) is 0 Å². The lowest BCUT2D eigenvalue weighted by atomic mass is 9.48. The molecule has 0 spiro atoms. The lowest BCUT2D eigenvalue weighted by Gasteiger charge is -2.57. The third-order valence-electron chi connectivity index (χ3n) is 7.46. The van der Waals surface area contributed by atoms with E-state index in [2.05, 4.69) is 24.1 Å². The summed E-state index contributed by atoms with van der Waals surface area (Å²) >= 11 is 0. The van der Waals surface area contributed by atoms with E-state index in [1.54, 1.807) is 0 Å². The van der Waals surface area contributed by atoms with Gasteiger partial charge < -0.3 is 10.1 Å². The molecule has 0 aromatic carbocycles. The summed E-state index contributed by atoms with van der Waals surface area (Å²) < 4.78 is 5.41. The van der Waals surface area contributed by atoms with Crippen molar-refractivity contribution in [2.75, 3.05) is 32.8 Å². The Balaban J connectivity index is 1.33. The highest BCUT2D eigenvalue weighted by Crippen LogP contribution is 2.62. The van der Waals surface area contributed by atoms with Crippen LogP contribution in [0.3, 0.4) is 0 Å². The van der Waals surface area contributed by atoms with Crippen molar-refractivity contribution >= 4 is 5.91 Å². The van der Waals surface area contributed by atoms with Gasteiger partial charge in [-0.05, 0) is 75.5 Å². The first-order chi connectivity index (χ1) is 12.0. The van der Waals surface area contributed by atoms with Gasteiger partial charge in [0.15, 0.2) is 0 Å². The molecule has 1 N–H and O–H groups in total. The fourth-order valence-corrected chi connectivity index (χ4v) is 6.39. The first-order valence-corrected chi connectivity index (χ1v) is 10.3. The maximum atomic E-state index is 12.5. The predicted molar refractivity (Wildman–Crippen MR) is 99.2 cm³/mol. The maximum absolute atomic E-state index is 12.5. The number of allylic oxidation sites excluding steroid dienone is 1. The Morgan fingerprint density at radius 1 is 1.16 bits per heavy atom. The lowest BCUT2D eigenvalue weighted by Crippen LogP contribution is -2.48. The summed E-state index contributed by atoms with van der Waals surface area (Å²) in [6.45, 7) is 8.70. The number of morpholine rings is 1. The third-order valence-corrected chi connectivity index (χ3v) is 7.46. The van der Waals surface area contributed by atoms with Gasteiger partial charge in [0.1, 0.15) is 0 Å². The van der Waals surface area contributed by atoms with Crippen LogP contribution in [0.15, 0.2) is 11.6 Å². The largest absolute Gasteiger partial charge is 0.379 e. The number of carbonyl (C=O) groups excluding carboxylic acids is 1. The number of nitrogens with one attached hydrogen (secondary N) is 1. The molecule has 25 heavy (non-hydrogen) atoms. The van der Waals surface area contributed by atoms with E-state index in [9.17, 15) is 4.79 Å². The zero-order valence-corrected chi connectivity index (χ0v) is 15.9. The average molecular weight is 347 g/mol. The topological polar surface area (TPSA) is 41.6 Å². The molecular weight excluding hydrogens is 312 g/mol. The first kappa shape index (κ1) is 17.5. The molecule has 1 heterocycles. The van der Waals surface area contributed by atoms with Gasteiger partial charge >= 0.3 is 0 Å². The monoisotopic (exact) mass is 346 g/mol. The number of carbonyl (C=O) groups is 1. The second-order valence-corrected chi connectivity index (χ2v) is 9.27. The van der Waals surface area contributed by atoms with Gasteiger partial charge in [0.05, 0.1) is 13.2 Å². The molecule has 4 heteroatoms. The molecule has 1 atom stereocenters. The molecule has 5 fully saturated rings. The molecule has 0 aromatic heterocycles. The average Bonchev–Trinajstić information content (AvgIpc) is 2.59. The smallest absolute Gasteiger partial charge is 0.243 e. The van der Waals surface area contributed by atoms with Crippen LogP contribution in [0.2, 0.25) is 0 Å². The fourth-order valence-electron chi connectivity index (χ4n) is 6.39. The molecular formula is C21H34N2O2. The van der Waals surface area contributed by atoms with Crippen molar-refractivity contribution in [2.24, 2.45) is 23.2 Å². The molecule has 4 saturated carbocycles. The molecule has 1 saturated heterocycles. The summed E-state index contributed by atoms with van der Waals surface area (Å²) in [6.07, 6.45) is 10.3. The molecule has 5 rings (SSSR count). The van der Waals surface area contributed by atoms with Crippen molar-refractivity contribution < 1.29 is 9.53 Å². The van der Waals surface area contributed by atoms with Crippen LogP contribution in [0.25, 0.3) is 0 Å². The molecule has 4 aliphatic carbocycles. The SMILES string of the molecule is C/C(=C/C(=O)NC[C@H](C)N1CCOCC1)C12CC3CC(CC(C3)C1)C2. The Morgan fingerprint density at radius 3 is 2.28 bits per heavy atom. The standard InChI is InChI=1S/C21H34N2O2/c1-15(21-11-17-8-18(12-21)10-19(9-17)13-21)7-20(24)22-14-16(2)23-3-5-25-6-4-23/h7,16-19H,3-6,8-14H2,1-2H3,(H,22,24)/b15-7-/t16-,17?,18?,19?,21?/m0/s1. The zero-order chi connectivity index (χ0) is 17.4. The fraction of sp³-hybridized carbons (Fsp3) is 0.857. The minimum Gasteiger partial charge on any atom is -0.379 e. The van der Waals surface area contributed by atoms with E-state index in [-0.39, 0.29) is 5.91 Å². The number of rotatable bonds is 5. The van der Waals surface area contributed by atoms with Crippen LogP contribution in [-0.2, 0) is 9.53 Å². The summed E-state index contributed by atoms with van der Waals surface area (Å²) in [5, 5.41) is 3.14. The highest BCUT2D eigenvalue weighted by molar-refractivity contribution is 5.88. The molecule has 5 aliphatic rings. The Kier molecular flexibility index (Phi) is 4.93. The second kappa shape index (κ2) is 7.03. The molecule has 1 amide bonds. The van der Waals surface area contributed by atoms with E-state index in [1.807, 2.05) is 6.08 Å². The summed E-state index contributed by atoms with van der Waals surface area (Å²) in [7, 11) is 0. The Hall–Kier alpha value is -0.870. The van der Waals surface area contributed by atoms with Crippen LogP contribution in [0.4, 0.5) is 0 Å². The highest BCUT2D eigenvalue weighted by atomic mass is 16.5. The number of amides is 1. The van der Waals surface area contributed by atoms with E-state index >= 15 is 0 Å². The van der Waals surface area contributed by atoms with Crippen molar-refractivity contribution in [3.8, 4) is 0 Å².